The van der Waals surface area contributed by atoms with E-state index in [1.54, 1.807) is 0 Å². The second kappa shape index (κ2) is 2.70. The molecule has 3 heteroatoms. The zero-order chi connectivity index (χ0) is 7.73. The highest BCUT2D eigenvalue weighted by molar-refractivity contribution is 7.99. The molecule has 0 N–H and O–H groups in total. The molecule has 2 aliphatic heterocycles. The highest BCUT2D eigenvalue weighted by Gasteiger charge is 2.44. The van der Waals surface area contributed by atoms with Crippen LogP contribution in [-0.4, -0.2) is 24.1 Å². The van der Waals surface area contributed by atoms with Crippen molar-refractivity contribution >= 4 is 17.7 Å². The molecule has 0 aliphatic carbocycles. The van der Waals surface area contributed by atoms with E-state index in [4.69, 9.17) is 4.74 Å². The largest absolute Gasteiger partial charge is 0.465 e. The lowest BCUT2D eigenvalue weighted by Crippen LogP contribution is -2.30. The summed E-state index contributed by atoms with van der Waals surface area (Å²) in [5.74, 6) is 2.34. The topological polar surface area (TPSA) is 26.3 Å². The van der Waals surface area contributed by atoms with E-state index in [1.165, 1.54) is 0 Å². The van der Waals surface area contributed by atoms with Crippen LogP contribution in [0.15, 0.2) is 0 Å². The molecule has 2 heterocycles. The Labute approximate surface area is 70.7 Å². The Bertz CT molecular complexity index is 173. The van der Waals surface area contributed by atoms with Crippen LogP contribution >= 0.6 is 11.8 Å². The van der Waals surface area contributed by atoms with Crippen LogP contribution in [0.4, 0.5) is 0 Å². The van der Waals surface area contributed by atoms with Crippen molar-refractivity contribution in [3.05, 3.63) is 0 Å². The van der Waals surface area contributed by atoms with Crippen LogP contribution in [0.3, 0.4) is 0 Å². The highest BCUT2D eigenvalue weighted by atomic mass is 32.2. The molecule has 2 rings (SSSR count). The summed E-state index contributed by atoms with van der Waals surface area (Å²) in [6.07, 6.45) is 3.04. The quantitative estimate of drug-likeness (QED) is 0.517. The smallest absolute Gasteiger partial charge is 0.312 e. The molecule has 0 radical (unpaired) electrons. The lowest BCUT2D eigenvalue weighted by Gasteiger charge is -2.28. The molecular weight excluding hydrogens is 160 g/mol. The first-order valence-electron chi connectivity index (χ1n) is 4.08. The van der Waals surface area contributed by atoms with E-state index in [1.807, 2.05) is 11.8 Å². The second-order valence-corrected chi connectivity index (χ2v) is 4.50. The van der Waals surface area contributed by atoms with Crippen molar-refractivity contribution < 1.29 is 9.53 Å². The maximum Gasteiger partial charge on any atom is 0.312 e. The Morgan fingerprint density at radius 2 is 2.00 bits per heavy atom. The minimum absolute atomic E-state index is 0.0503. The third kappa shape index (κ3) is 1.15. The van der Waals surface area contributed by atoms with Gasteiger partial charge in [0.15, 0.2) is 0 Å². The predicted molar refractivity (Wildman–Crippen MR) is 44.6 cm³/mol. The summed E-state index contributed by atoms with van der Waals surface area (Å²) in [5.41, 5.74) is -0.0503. The number of hydrogen-bond donors (Lipinski definition) is 0. The first-order chi connectivity index (χ1) is 5.33. The fourth-order valence-electron chi connectivity index (χ4n) is 1.81. The molecule has 2 nitrogen and oxygen atoms in total. The number of hydrogen-bond acceptors (Lipinski definition) is 3. The van der Waals surface area contributed by atoms with Gasteiger partial charge in [-0.2, -0.15) is 11.8 Å². The van der Waals surface area contributed by atoms with E-state index in [2.05, 4.69) is 0 Å². The van der Waals surface area contributed by atoms with Crippen LogP contribution in [0.5, 0.6) is 0 Å². The molecule has 62 valence electrons. The highest BCUT2D eigenvalue weighted by Crippen LogP contribution is 2.42. The monoisotopic (exact) mass is 172 g/mol. The van der Waals surface area contributed by atoms with Crippen molar-refractivity contribution in [1.82, 2.24) is 0 Å². The van der Waals surface area contributed by atoms with Gasteiger partial charge in [0.25, 0.3) is 0 Å². The number of thioether (sulfide) groups is 1. The molecule has 2 saturated heterocycles. The van der Waals surface area contributed by atoms with E-state index in [0.717, 1.165) is 30.8 Å². The molecule has 0 aromatic rings. The molecular formula is C8H12O2S. The van der Waals surface area contributed by atoms with E-state index >= 15 is 0 Å². The van der Waals surface area contributed by atoms with Gasteiger partial charge in [-0.1, -0.05) is 0 Å². The van der Waals surface area contributed by atoms with Crippen molar-refractivity contribution in [2.24, 2.45) is 5.41 Å². The minimum atomic E-state index is -0.0503. The summed E-state index contributed by atoms with van der Waals surface area (Å²) >= 11 is 1.95. The summed E-state index contributed by atoms with van der Waals surface area (Å²) in [6.45, 7) is 0.656. The van der Waals surface area contributed by atoms with Gasteiger partial charge in [-0.05, 0) is 30.8 Å². The van der Waals surface area contributed by atoms with Gasteiger partial charge < -0.3 is 4.74 Å². The molecule has 0 bridgehead atoms. The first-order valence-corrected chi connectivity index (χ1v) is 5.24. The molecule has 0 amide bonds. The summed E-state index contributed by atoms with van der Waals surface area (Å²) in [5, 5.41) is 0. The third-order valence-corrected chi connectivity index (χ3v) is 3.68. The third-order valence-electron chi connectivity index (χ3n) is 2.70. The molecule has 11 heavy (non-hydrogen) atoms. The Balaban J connectivity index is 2.12. The maximum atomic E-state index is 11.3. The number of carbonyl (C=O) groups is 1. The van der Waals surface area contributed by atoms with Crippen molar-refractivity contribution in [2.45, 2.75) is 19.3 Å². The lowest BCUT2D eigenvalue weighted by molar-refractivity contribution is -0.146. The van der Waals surface area contributed by atoms with Crippen LogP contribution in [0.2, 0.25) is 0 Å². The van der Waals surface area contributed by atoms with Crippen LogP contribution < -0.4 is 0 Å². The van der Waals surface area contributed by atoms with Gasteiger partial charge >= 0.3 is 5.97 Å². The fourth-order valence-corrected chi connectivity index (χ4v) is 3.08. The molecule has 1 spiro atoms. The van der Waals surface area contributed by atoms with Gasteiger partial charge in [0.2, 0.25) is 0 Å². The molecule has 2 fully saturated rings. The van der Waals surface area contributed by atoms with E-state index in [9.17, 15) is 4.79 Å². The van der Waals surface area contributed by atoms with Crippen LogP contribution in [0, 0.1) is 5.41 Å². The Kier molecular flexibility index (Phi) is 1.83. The van der Waals surface area contributed by atoms with Crippen molar-refractivity contribution in [3.8, 4) is 0 Å². The zero-order valence-electron chi connectivity index (χ0n) is 6.47. The minimum Gasteiger partial charge on any atom is -0.465 e. The molecule has 0 atom stereocenters. The molecule has 0 unspecified atom stereocenters. The van der Waals surface area contributed by atoms with E-state index in [-0.39, 0.29) is 11.4 Å². The van der Waals surface area contributed by atoms with Crippen LogP contribution in [-0.2, 0) is 9.53 Å². The molecule has 0 aromatic heterocycles. The summed E-state index contributed by atoms with van der Waals surface area (Å²) in [6, 6.07) is 0. The van der Waals surface area contributed by atoms with Crippen molar-refractivity contribution in [1.29, 1.82) is 0 Å². The lowest BCUT2D eigenvalue weighted by atomic mass is 9.81. The number of rotatable bonds is 0. The molecule has 0 aromatic carbocycles. The summed E-state index contributed by atoms with van der Waals surface area (Å²) in [7, 11) is 0. The Morgan fingerprint density at radius 3 is 2.55 bits per heavy atom. The van der Waals surface area contributed by atoms with Gasteiger partial charge in [-0.25, -0.2) is 0 Å². The van der Waals surface area contributed by atoms with Gasteiger partial charge in [-0.3, -0.25) is 4.79 Å². The van der Waals surface area contributed by atoms with Gasteiger partial charge in [0, 0.05) is 0 Å². The number of carbonyl (C=O) groups excluding carboxylic acids is 1. The standard InChI is InChI=1S/C8H12O2S/c9-7-8(1-4-10-7)2-5-11-6-3-8/h1-6H2. The van der Waals surface area contributed by atoms with Crippen molar-refractivity contribution in [3.63, 3.8) is 0 Å². The Morgan fingerprint density at radius 1 is 1.27 bits per heavy atom. The second-order valence-electron chi connectivity index (χ2n) is 3.28. The maximum absolute atomic E-state index is 11.3. The molecule has 2 aliphatic rings. The van der Waals surface area contributed by atoms with Crippen LogP contribution in [0.25, 0.3) is 0 Å². The van der Waals surface area contributed by atoms with E-state index < -0.39 is 0 Å². The van der Waals surface area contributed by atoms with Gasteiger partial charge in [0.1, 0.15) is 0 Å². The van der Waals surface area contributed by atoms with Gasteiger partial charge in [-0.15, -0.1) is 0 Å². The predicted octanol–water partition coefficient (Wildman–Crippen LogP) is 1.45. The Hall–Kier alpha value is -0.180. The van der Waals surface area contributed by atoms with Gasteiger partial charge in [0.05, 0.1) is 12.0 Å². The van der Waals surface area contributed by atoms with E-state index in [0.29, 0.717) is 6.61 Å². The average Bonchev–Trinajstić information content (AvgIpc) is 2.36. The number of ether oxygens (including phenoxy) is 1. The van der Waals surface area contributed by atoms with Crippen LogP contribution in [0.1, 0.15) is 19.3 Å². The summed E-state index contributed by atoms with van der Waals surface area (Å²) < 4.78 is 5.00. The normalized spacial score (nSPS) is 28.9. The first kappa shape index (κ1) is 7.47. The van der Waals surface area contributed by atoms with Crippen molar-refractivity contribution in [2.75, 3.05) is 18.1 Å². The zero-order valence-corrected chi connectivity index (χ0v) is 7.28. The average molecular weight is 172 g/mol. The summed E-state index contributed by atoms with van der Waals surface area (Å²) in [4.78, 5) is 11.3. The number of esters is 1. The fraction of sp³-hybridized carbons (Fsp3) is 0.875. The SMILES string of the molecule is O=C1OCCC12CCSCC2. The number of cyclic esters (lactones) is 1. The molecule has 0 saturated carbocycles.